The van der Waals surface area contributed by atoms with Gasteiger partial charge in [0, 0.05) is 11.6 Å². The Balaban J connectivity index is 0.00000161. The molecule has 1 aromatic heterocycles. The molecule has 1 heterocycles. The number of guanidine groups is 1. The summed E-state index contributed by atoms with van der Waals surface area (Å²) < 4.78 is 5.16. The molecule has 0 unspecified atom stereocenters. The van der Waals surface area contributed by atoms with Gasteiger partial charge in [0.25, 0.3) is 0 Å². The number of halogens is 1. The van der Waals surface area contributed by atoms with Crippen LogP contribution in [-0.2, 0) is 6.54 Å². The summed E-state index contributed by atoms with van der Waals surface area (Å²) in [5.74, 6) is 2.10. The van der Waals surface area contributed by atoms with E-state index in [0.29, 0.717) is 24.2 Å². The molecule has 0 amide bonds. The Morgan fingerprint density at radius 1 is 1.48 bits per heavy atom. The van der Waals surface area contributed by atoms with Crippen LogP contribution in [0, 0.1) is 6.92 Å². The maximum Gasteiger partial charge on any atom is 0.229 e. The third-order valence-corrected chi connectivity index (χ3v) is 3.09. The molecule has 7 heteroatoms. The third kappa shape index (κ3) is 4.42. The van der Waals surface area contributed by atoms with Gasteiger partial charge in [-0.3, -0.25) is 0 Å². The van der Waals surface area contributed by atoms with Crippen molar-refractivity contribution in [2.75, 3.05) is 5.32 Å². The Hall–Kier alpha value is -1.64. The minimum absolute atomic E-state index is 0. The van der Waals surface area contributed by atoms with Gasteiger partial charge in [0.2, 0.25) is 5.89 Å². The molecule has 0 spiro atoms. The summed E-state index contributed by atoms with van der Waals surface area (Å²) in [4.78, 5) is 8.51. The number of hydrogen-bond acceptors (Lipinski definition) is 4. The number of hydrogen-bond donors (Lipinski definition) is 2. The van der Waals surface area contributed by atoms with Crippen molar-refractivity contribution in [2.24, 2.45) is 10.7 Å². The standard InChI is InChI=1S/C14H17N5O.HI/c1-9-3-2-4-11(7-9)17-14(15)16-8-12-18-13(20-19-12)10-5-6-10;/h2-4,7,10H,5-6,8H2,1H3,(H3,15,16,17);1H. The highest BCUT2D eigenvalue weighted by molar-refractivity contribution is 14.0. The summed E-state index contributed by atoms with van der Waals surface area (Å²) in [5.41, 5.74) is 7.91. The Kier molecular flexibility index (Phi) is 5.16. The Bertz CT molecular complexity index is 636. The normalized spacial score (nSPS) is 14.6. The second kappa shape index (κ2) is 6.88. The molecule has 0 bridgehead atoms. The number of aliphatic imine (C=N–C) groups is 1. The van der Waals surface area contributed by atoms with E-state index in [-0.39, 0.29) is 24.0 Å². The quantitative estimate of drug-likeness (QED) is 0.469. The lowest BCUT2D eigenvalue weighted by Gasteiger charge is -2.05. The first kappa shape index (κ1) is 15.7. The molecule has 0 atom stereocenters. The van der Waals surface area contributed by atoms with E-state index in [2.05, 4.69) is 20.4 Å². The summed E-state index contributed by atoms with van der Waals surface area (Å²) in [6, 6.07) is 7.93. The van der Waals surface area contributed by atoms with Crippen molar-refractivity contribution in [3.8, 4) is 0 Å². The Morgan fingerprint density at radius 2 is 2.29 bits per heavy atom. The van der Waals surface area contributed by atoms with Gasteiger partial charge in [-0.05, 0) is 37.5 Å². The van der Waals surface area contributed by atoms with Crippen LogP contribution in [-0.4, -0.2) is 16.1 Å². The minimum Gasteiger partial charge on any atom is -0.370 e. The number of benzene rings is 1. The molecular weight excluding hydrogens is 381 g/mol. The van der Waals surface area contributed by atoms with Crippen LogP contribution in [0.2, 0.25) is 0 Å². The van der Waals surface area contributed by atoms with Gasteiger partial charge >= 0.3 is 0 Å². The predicted molar refractivity (Wildman–Crippen MR) is 91.8 cm³/mol. The first-order valence-corrected chi connectivity index (χ1v) is 6.67. The van der Waals surface area contributed by atoms with E-state index in [4.69, 9.17) is 10.3 Å². The Labute approximate surface area is 140 Å². The third-order valence-electron chi connectivity index (χ3n) is 3.09. The maximum absolute atomic E-state index is 5.84. The largest absolute Gasteiger partial charge is 0.370 e. The molecule has 1 aliphatic rings. The first-order valence-electron chi connectivity index (χ1n) is 6.67. The van der Waals surface area contributed by atoms with E-state index < -0.39 is 0 Å². The molecule has 1 aromatic carbocycles. The summed E-state index contributed by atoms with van der Waals surface area (Å²) in [6.07, 6.45) is 2.28. The smallest absolute Gasteiger partial charge is 0.229 e. The molecular formula is C14H18IN5O. The van der Waals surface area contributed by atoms with Crippen LogP contribution in [0.1, 0.15) is 36.0 Å². The number of nitrogens with two attached hydrogens (primary N) is 1. The van der Waals surface area contributed by atoms with Crippen molar-refractivity contribution in [2.45, 2.75) is 32.2 Å². The first-order chi connectivity index (χ1) is 9.70. The van der Waals surface area contributed by atoms with Crippen LogP contribution in [0.4, 0.5) is 5.69 Å². The molecule has 1 fully saturated rings. The van der Waals surface area contributed by atoms with Gasteiger partial charge in [0.15, 0.2) is 11.8 Å². The van der Waals surface area contributed by atoms with Gasteiger partial charge < -0.3 is 15.6 Å². The lowest BCUT2D eigenvalue weighted by molar-refractivity contribution is 0.374. The Morgan fingerprint density at radius 3 is 3.00 bits per heavy atom. The van der Waals surface area contributed by atoms with Crippen LogP contribution in [0.15, 0.2) is 33.8 Å². The molecule has 0 radical (unpaired) electrons. The second-order valence-corrected chi connectivity index (χ2v) is 5.02. The number of aryl methyl sites for hydroxylation is 1. The van der Waals surface area contributed by atoms with Crippen molar-refractivity contribution in [3.05, 3.63) is 41.5 Å². The summed E-state index contributed by atoms with van der Waals surface area (Å²) >= 11 is 0. The van der Waals surface area contributed by atoms with Gasteiger partial charge in [-0.1, -0.05) is 17.3 Å². The van der Waals surface area contributed by atoms with Gasteiger partial charge in [0.05, 0.1) is 0 Å². The SMILES string of the molecule is Cc1cccc(NC(N)=NCc2noc(C3CC3)n2)c1.I. The molecule has 0 aliphatic heterocycles. The van der Waals surface area contributed by atoms with E-state index >= 15 is 0 Å². The minimum atomic E-state index is 0. The van der Waals surface area contributed by atoms with Crippen molar-refractivity contribution < 1.29 is 4.52 Å². The van der Waals surface area contributed by atoms with Crippen LogP contribution >= 0.6 is 24.0 Å². The van der Waals surface area contributed by atoms with Crippen LogP contribution in [0.25, 0.3) is 0 Å². The number of anilines is 1. The molecule has 112 valence electrons. The van der Waals surface area contributed by atoms with Gasteiger partial charge in [-0.25, -0.2) is 4.99 Å². The predicted octanol–water partition coefficient (Wildman–Crippen LogP) is 2.80. The summed E-state index contributed by atoms with van der Waals surface area (Å²) in [7, 11) is 0. The highest BCUT2D eigenvalue weighted by atomic mass is 127. The van der Waals surface area contributed by atoms with E-state index in [1.165, 1.54) is 0 Å². The molecule has 6 nitrogen and oxygen atoms in total. The van der Waals surface area contributed by atoms with Crippen LogP contribution < -0.4 is 11.1 Å². The summed E-state index contributed by atoms with van der Waals surface area (Å²) in [6.45, 7) is 2.35. The average molecular weight is 399 g/mol. The maximum atomic E-state index is 5.84. The zero-order valence-electron chi connectivity index (χ0n) is 11.7. The fourth-order valence-electron chi connectivity index (χ4n) is 1.89. The second-order valence-electron chi connectivity index (χ2n) is 5.02. The number of nitrogens with one attached hydrogen (secondary N) is 1. The number of rotatable bonds is 4. The van der Waals surface area contributed by atoms with E-state index in [1.54, 1.807) is 0 Å². The average Bonchev–Trinajstić information content (AvgIpc) is 3.16. The molecule has 1 saturated carbocycles. The van der Waals surface area contributed by atoms with Gasteiger partial charge in [-0.2, -0.15) is 4.98 Å². The fraction of sp³-hybridized carbons (Fsp3) is 0.357. The van der Waals surface area contributed by atoms with E-state index in [1.807, 2.05) is 31.2 Å². The van der Waals surface area contributed by atoms with Crippen molar-refractivity contribution in [1.29, 1.82) is 0 Å². The number of nitrogens with zero attached hydrogens (tertiary/aromatic N) is 3. The molecule has 21 heavy (non-hydrogen) atoms. The zero-order valence-corrected chi connectivity index (χ0v) is 14.1. The monoisotopic (exact) mass is 399 g/mol. The zero-order chi connectivity index (χ0) is 13.9. The fourth-order valence-corrected chi connectivity index (χ4v) is 1.89. The van der Waals surface area contributed by atoms with E-state index in [0.717, 1.165) is 30.0 Å². The van der Waals surface area contributed by atoms with E-state index in [9.17, 15) is 0 Å². The molecule has 0 saturated heterocycles. The lowest BCUT2D eigenvalue weighted by atomic mass is 10.2. The topological polar surface area (TPSA) is 89.3 Å². The van der Waals surface area contributed by atoms with Crippen LogP contribution in [0.5, 0.6) is 0 Å². The van der Waals surface area contributed by atoms with Crippen LogP contribution in [0.3, 0.4) is 0 Å². The molecule has 3 N–H and O–H groups in total. The lowest BCUT2D eigenvalue weighted by Crippen LogP contribution is -2.22. The molecule has 2 aromatic rings. The van der Waals surface area contributed by atoms with Gasteiger partial charge in [-0.15, -0.1) is 24.0 Å². The number of aromatic nitrogens is 2. The highest BCUT2D eigenvalue weighted by Gasteiger charge is 2.29. The van der Waals surface area contributed by atoms with Crippen molar-refractivity contribution in [3.63, 3.8) is 0 Å². The molecule has 3 rings (SSSR count). The summed E-state index contributed by atoms with van der Waals surface area (Å²) in [5, 5.41) is 6.93. The van der Waals surface area contributed by atoms with Gasteiger partial charge in [0.1, 0.15) is 6.54 Å². The highest BCUT2D eigenvalue weighted by Crippen LogP contribution is 2.38. The van der Waals surface area contributed by atoms with Crippen molar-refractivity contribution in [1.82, 2.24) is 10.1 Å². The molecule has 1 aliphatic carbocycles. The van der Waals surface area contributed by atoms with Crippen molar-refractivity contribution >= 4 is 35.6 Å².